The first kappa shape index (κ1) is 17.0. The van der Waals surface area contributed by atoms with Crippen LogP contribution in [0.5, 0.6) is 5.75 Å². The second kappa shape index (κ2) is 7.74. The highest BCUT2D eigenvalue weighted by molar-refractivity contribution is 5.96. The Morgan fingerprint density at radius 2 is 1.92 bits per heavy atom. The SMILES string of the molecule is C[C@H](Oc1ccccc1F)C(=O)NNC(=O)c1cccc(C#N)c1. The number of nitrogens with one attached hydrogen (secondary N) is 2. The van der Waals surface area contributed by atoms with Crippen molar-refractivity contribution in [3.63, 3.8) is 0 Å². The minimum absolute atomic E-state index is 0.0619. The fourth-order valence-electron chi connectivity index (χ4n) is 1.81. The van der Waals surface area contributed by atoms with Crippen LogP contribution in [0.3, 0.4) is 0 Å². The van der Waals surface area contributed by atoms with Gasteiger partial charge < -0.3 is 4.74 Å². The number of carbonyl (C=O) groups is 2. The van der Waals surface area contributed by atoms with Gasteiger partial charge in [-0.05, 0) is 37.3 Å². The van der Waals surface area contributed by atoms with Crippen LogP contribution in [0.25, 0.3) is 0 Å². The smallest absolute Gasteiger partial charge is 0.279 e. The molecule has 0 aliphatic rings. The van der Waals surface area contributed by atoms with Gasteiger partial charge in [0.05, 0.1) is 11.6 Å². The summed E-state index contributed by atoms with van der Waals surface area (Å²) in [5, 5.41) is 8.80. The molecule has 1 atom stereocenters. The van der Waals surface area contributed by atoms with Crippen LogP contribution in [0, 0.1) is 17.1 Å². The molecule has 0 aliphatic heterocycles. The highest BCUT2D eigenvalue weighted by atomic mass is 19.1. The molecule has 0 aromatic heterocycles. The standard InChI is InChI=1S/C17H14FN3O3/c1-11(24-15-8-3-2-7-14(15)18)16(22)20-21-17(23)13-6-4-5-12(9-13)10-19/h2-9,11H,1H3,(H,20,22)(H,21,23)/t11-/m0/s1. The van der Waals surface area contributed by atoms with E-state index in [9.17, 15) is 14.0 Å². The van der Waals surface area contributed by atoms with Crippen LogP contribution in [-0.4, -0.2) is 17.9 Å². The molecule has 0 heterocycles. The zero-order valence-corrected chi connectivity index (χ0v) is 12.7. The van der Waals surface area contributed by atoms with Crippen molar-refractivity contribution in [3.05, 3.63) is 65.5 Å². The fourth-order valence-corrected chi connectivity index (χ4v) is 1.81. The van der Waals surface area contributed by atoms with E-state index in [-0.39, 0.29) is 11.3 Å². The van der Waals surface area contributed by atoms with Gasteiger partial charge in [-0.15, -0.1) is 0 Å². The molecule has 2 rings (SSSR count). The van der Waals surface area contributed by atoms with E-state index in [1.54, 1.807) is 18.2 Å². The van der Waals surface area contributed by atoms with E-state index in [0.29, 0.717) is 5.56 Å². The Morgan fingerprint density at radius 3 is 2.62 bits per heavy atom. The molecule has 2 aromatic rings. The summed E-state index contributed by atoms with van der Waals surface area (Å²) in [6, 6.07) is 13.6. The predicted octanol–water partition coefficient (Wildman–Crippen LogP) is 1.93. The van der Waals surface area contributed by atoms with E-state index in [4.69, 9.17) is 10.00 Å². The third-order valence-electron chi connectivity index (χ3n) is 3.06. The minimum atomic E-state index is -1.02. The van der Waals surface area contributed by atoms with Crippen molar-refractivity contribution in [2.75, 3.05) is 0 Å². The molecule has 0 saturated heterocycles. The maximum absolute atomic E-state index is 13.5. The summed E-state index contributed by atoms with van der Waals surface area (Å²) in [6.07, 6.45) is -1.02. The lowest BCUT2D eigenvalue weighted by molar-refractivity contribution is -0.128. The van der Waals surface area contributed by atoms with Gasteiger partial charge in [0.15, 0.2) is 17.7 Å². The largest absolute Gasteiger partial charge is 0.478 e. The number of benzene rings is 2. The molecule has 2 amide bonds. The first-order valence-electron chi connectivity index (χ1n) is 7.03. The number of hydrogen-bond donors (Lipinski definition) is 2. The average molecular weight is 327 g/mol. The molecule has 0 aliphatic carbocycles. The van der Waals surface area contributed by atoms with Gasteiger partial charge in [-0.25, -0.2) is 4.39 Å². The molecular weight excluding hydrogens is 313 g/mol. The van der Waals surface area contributed by atoms with Crippen LogP contribution in [0.4, 0.5) is 4.39 Å². The summed E-state index contributed by atoms with van der Waals surface area (Å²) < 4.78 is 18.7. The van der Waals surface area contributed by atoms with Crippen LogP contribution >= 0.6 is 0 Å². The first-order valence-corrected chi connectivity index (χ1v) is 7.03. The number of nitrogens with zero attached hydrogens (tertiary/aromatic N) is 1. The number of nitriles is 1. The molecule has 2 aromatic carbocycles. The van der Waals surface area contributed by atoms with Crippen LogP contribution < -0.4 is 15.6 Å². The number of rotatable bonds is 4. The van der Waals surface area contributed by atoms with Gasteiger partial charge >= 0.3 is 0 Å². The van der Waals surface area contributed by atoms with Gasteiger partial charge in [0, 0.05) is 5.56 Å². The first-order chi connectivity index (χ1) is 11.5. The van der Waals surface area contributed by atoms with Crippen molar-refractivity contribution in [1.29, 1.82) is 5.26 Å². The van der Waals surface area contributed by atoms with Crippen molar-refractivity contribution < 1.29 is 18.7 Å². The number of amides is 2. The Kier molecular flexibility index (Phi) is 5.47. The van der Waals surface area contributed by atoms with Crippen LogP contribution in [0.2, 0.25) is 0 Å². The van der Waals surface area contributed by atoms with Crippen molar-refractivity contribution >= 4 is 11.8 Å². The second-order valence-electron chi connectivity index (χ2n) is 4.83. The zero-order chi connectivity index (χ0) is 17.5. The lowest BCUT2D eigenvalue weighted by atomic mass is 10.1. The Bertz CT molecular complexity index is 802. The van der Waals surface area contributed by atoms with Gasteiger partial charge in [-0.1, -0.05) is 18.2 Å². The number of carbonyl (C=O) groups excluding carboxylic acids is 2. The average Bonchev–Trinajstić information content (AvgIpc) is 2.61. The van der Waals surface area contributed by atoms with E-state index in [1.807, 2.05) is 6.07 Å². The third-order valence-corrected chi connectivity index (χ3v) is 3.06. The van der Waals surface area contributed by atoms with Crippen molar-refractivity contribution in [2.45, 2.75) is 13.0 Å². The van der Waals surface area contributed by atoms with Gasteiger partial charge in [-0.3, -0.25) is 20.4 Å². The fraction of sp³-hybridized carbons (Fsp3) is 0.118. The Morgan fingerprint density at radius 1 is 1.17 bits per heavy atom. The van der Waals surface area contributed by atoms with Crippen LogP contribution in [0.1, 0.15) is 22.8 Å². The molecule has 0 saturated carbocycles. The zero-order valence-electron chi connectivity index (χ0n) is 12.7. The summed E-state index contributed by atoms with van der Waals surface area (Å²) in [7, 11) is 0. The predicted molar refractivity (Wildman–Crippen MR) is 83.3 cm³/mol. The monoisotopic (exact) mass is 327 g/mol. The minimum Gasteiger partial charge on any atom is -0.478 e. The van der Waals surface area contributed by atoms with Crippen molar-refractivity contribution in [2.24, 2.45) is 0 Å². The van der Waals surface area contributed by atoms with E-state index in [0.717, 1.165) is 0 Å². The lowest BCUT2D eigenvalue weighted by Gasteiger charge is -2.15. The van der Waals surface area contributed by atoms with Gasteiger partial charge in [0.25, 0.3) is 11.8 Å². The molecule has 6 nitrogen and oxygen atoms in total. The second-order valence-corrected chi connectivity index (χ2v) is 4.83. The lowest BCUT2D eigenvalue weighted by Crippen LogP contribution is -2.47. The number of para-hydroxylation sites is 1. The molecule has 0 spiro atoms. The summed E-state index contributed by atoms with van der Waals surface area (Å²) in [5.74, 6) is -1.88. The molecule has 0 unspecified atom stereocenters. The van der Waals surface area contributed by atoms with E-state index in [1.165, 1.54) is 37.3 Å². The summed E-state index contributed by atoms with van der Waals surface area (Å²) in [4.78, 5) is 23.8. The molecule has 24 heavy (non-hydrogen) atoms. The van der Waals surface area contributed by atoms with Crippen LogP contribution in [0.15, 0.2) is 48.5 Å². The topological polar surface area (TPSA) is 91.2 Å². The van der Waals surface area contributed by atoms with Crippen molar-refractivity contribution in [1.82, 2.24) is 10.9 Å². The molecule has 7 heteroatoms. The number of hydrogen-bond acceptors (Lipinski definition) is 4. The van der Waals surface area contributed by atoms with Crippen LogP contribution in [-0.2, 0) is 4.79 Å². The Hall–Kier alpha value is -3.40. The van der Waals surface area contributed by atoms with E-state index >= 15 is 0 Å². The summed E-state index contributed by atoms with van der Waals surface area (Å²) >= 11 is 0. The third kappa shape index (κ3) is 4.30. The van der Waals surface area contributed by atoms with Gasteiger partial charge in [-0.2, -0.15) is 5.26 Å². The summed E-state index contributed by atoms with van der Waals surface area (Å²) in [5.41, 5.74) is 4.94. The Balaban J connectivity index is 1.91. The number of ether oxygens (including phenoxy) is 1. The van der Waals surface area contributed by atoms with Gasteiger partial charge in [0.2, 0.25) is 0 Å². The highest BCUT2D eigenvalue weighted by Gasteiger charge is 2.17. The molecule has 122 valence electrons. The molecule has 2 N–H and O–H groups in total. The van der Waals surface area contributed by atoms with Crippen molar-refractivity contribution in [3.8, 4) is 11.8 Å². The van der Waals surface area contributed by atoms with E-state index in [2.05, 4.69) is 10.9 Å². The molecule has 0 fully saturated rings. The number of halogens is 1. The maximum atomic E-state index is 13.5. The Labute approximate surface area is 137 Å². The van der Waals surface area contributed by atoms with Gasteiger partial charge in [0.1, 0.15) is 0 Å². The summed E-state index contributed by atoms with van der Waals surface area (Å²) in [6.45, 7) is 1.42. The van der Waals surface area contributed by atoms with E-state index < -0.39 is 23.7 Å². The molecular formula is C17H14FN3O3. The normalized spacial score (nSPS) is 11.0. The molecule has 0 bridgehead atoms. The quantitative estimate of drug-likeness (QED) is 0.840. The molecule has 0 radical (unpaired) electrons. The maximum Gasteiger partial charge on any atom is 0.279 e. The highest BCUT2D eigenvalue weighted by Crippen LogP contribution is 2.16. The number of hydrazine groups is 1.